The Bertz CT molecular complexity index is 1610. The van der Waals surface area contributed by atoms with Gasteiger partial charge < -0.3 is 15.2 Å². The number of nitrogens with zero attached hydrogens (tertiary/aromatic N) is 3. The first-order valence-corrected chi connectivity index (χ1v) is 12.5. The molecule has 3 amide bonds. The summed E-state index contributed by atoms with van der Waals surface area (Å²) in [6.45, 7) is 0.764. The third kappa shape index (κ3) is 6.34. The fraction of sp³-hybridized carbons (Fsp3) is 0.214. The highest BCUT2D eigenvalue weighted by Crippen LogP contribution is 2.35. The van der Waals surface area contributed by atoms with Gasteiger partial charge in [0.2, 0.25) is 11.7 Å². The van der Waals surface area contributed by atoms with Crippen molar-refractivity contribution in [2.45, 2.75) is 25.3 Å². The zero-order valence-electron chi connectivity index (χ0n) is 22.1. The highest BCUT2D eigenvalue weighted by atomic mass is 19.2. The molecule has 2 heterocycles. The second-order valence-electron chi connectivity index (χ2n) is 9.17. The first-order valence-electron chi connectivity index (χ1n) is 12.5. The normalized spacial score (nSPS) is 14.7. The van der Waals surface area contributed by atoms with E-state index in [9.17, 15) is 46.2 Å². The van der Waals surface area contributed by atoms with Gasteiger partial charge >= 0.3 is 12.1 Å². The number of hydrogen-bond acceptors (Lipinski definition) is 7. The minimum absolute atomic E-state index is 0.0423. The molecule has 0 radical (unpaired) electrons. The van der Waals surface area contributed by atoms with Crippen LogP contribution in [-0.2, 0) is 14.3 Å². The van der Waals surface area contributed by atoms with Crippen LogP contribution in [0.25, 0.3) is 0 Å². The summed E-state index contributed by atoms with van der Waals surface area (Å²) in [5, 5.41) is 12.6. The number of amides is 3. The number of nitrogens with one attached hydrogen (secondary N) is 1. The van der Waals surface area contributed by atoms with E-state index in [1.165, 1.54) is 43.5 Å². The summed E-state index contributed by atoms with van der Waals surface area (Å²) in [5.74, 6) is -17.9. The number of carboxylic acid groups (broad SMARTS) is 1. The maximum Gasteiger partial charge on any atom is 0.416 e. The van der Waals surface area contributed by atoms with Gasteiger partial charge in [-0.2, -0.15) is 0 Å². The molecule has 1 saturated heterocycles. The number of aromatic nitrogens is 1. The van der Waals surface area contributed by atoms with Gasteiger partial charge in [0.15, 0.2) is 29.3 Å². The number of carboxylic acids is 1. The molecular weight excluding hydrogens is 583 g/mol. The first kappa shape index (κ1) is 30.7. The number of para-hydroxylation sites is 1. The van der Waals surface area contributed by atoms with Crippen molar-refractivity contribution >= 4 is 35.3 Å². The van der Waals surface area contributed by atoms with E-state index in [0.717, 1.165) is 0 Å². The van der Waals surface area contributed by atoms with Crippen molar-refractivity contribution in [2.24, 2.45) is 4.99 Å². The van der Waals surface area contributed by atoms with Gasteiger partial charge in [-0.25, -0.2) is 36.4 Å². The lowest BCUT2D eigenvalue weighted by molar-refractivity contribution is -0.139. The molecular formula is C28H21F5N4O6. The highest BCUT2D eigenvalue weighted by molar-refractivity contribution is 6.10. The van der Waals surface area contributed by atoms with Crippen LogP contribution < -0.4 is 5.32 Å². The summed E-state index contributed by atoms with van der Waals surface area (Å²) >= 11 is 0. The molecule has 0 bridgehead atoms. The molecule has 0 spiro atoms. The topological polar surface area (TPSA) is 138 Å². The van der Waals surface area contributed by atoms with Crippen LogP contribution in [0.15, 0.2) is 53.7 Å². The number of rotatable bonds is 9. The third-order valence-electron chi connectivity index (χ3n) is 6.50. The van der Waals surface area contributed by atoms with Crippen LogP contribution >= 0.6 is 0 Å². The zero-order chi connectivity index (χ0) is 31.4. The second-order valence-corrected chi connectivity index (χ2v) is 9.17. The molecule has 15 heteroatoms. The zero-order valence-corrected chi connectivity index (χ0v) is 22.1. The molecule has 2 atom stereocenters. The predicted octanol–water partition coefficient (Wildman–Crippen LogP) is 4.44. The number of hydrogen-bond donors (Lipinski definition) is 2. The van der Waals surface area contributed by atoms with Crippen LogP contribution in [0.1, 0.15) is 40.9 Å². The van der Waals surface area contributed by atoms with E-state index in [0.29, 0.717) is 4.90 Å². The molecule has 1 aliphatic heterocycles. The smallest absolute Gasteiger partial charge is 0.416 e. The largest absolute Gasteiger partial charge is 0.480 e. The SMILES string of the molecule is CC(=N[C@H](C(=O)O)[C@@H](CC(=O)N1CCOC1=O)c1c(F)c(F)c(F)c(F)c1F)c1ccccc1NC(=O)c1ccccn1. The third-order valence-corrected chi connectivity index (χ3v) is 6.50. The standard InChI is InChI=1S/C28H21F5N4O6/c1-13(14-6-2-3-7-16(14)36-26(39)17-8-4-5-9-34-17)35-25(27(40)41)15(12-18(38)37-10-11-43-28(37)42)19-20(29)22(31)24(33)23(32)21(19)30/h2-9,15,25H,10-12H2,1H3,(H,36,39)(H,40,41)/t15-,25-/m0/s1. The molecule has 3 aromatic rings. The Morgan fingerprint density at radius 1 is 1.00 bits per heavy atom. The second kappa shape index (κ2) is 12.8. The quantitative estimate of drug-likeness (QED) is 0.159. The molecule has 0 unspecified atom stereocenters. The molecule has 1 aromatic heterocycles. The average Bonchev–Trinajstić information content (AvgIpc) is 3.43. The van der Waals surface area contributed by atoms with E-state index in [1.54, 1.807) is 12.1 Å². The van der Waals surface area contributed by atoms with E-state index in [4.69, 9.17) is 0 Å². The summed E-state index contributed by atoms with van der Waals surface area (Å²) in [5.41, 5.74) is -1.46. The summed E-state index contributed by atoms with van der Waals surface area (Å²) in [6, 6.07) is 8.18. The average molecular weight is 604 g/mol. The molecule has 10 nitrogen and oxygen atoms in total. The lowest BCUT2D eigenvalue weighted by atomic mass is 9.86. The maximum absolute atomic E-state index is 15.0. The number of carbonyl (C=O) groups excluding carboxylic acids is 3. The van der Waals surface area contributed by atoms with Gasteiger partial charge in [-0.05, 0) is 25.1 Å². The van der Waals surface area contributed by atoms with Gasteiger partial charge in [0, 0.05) is 35.4 Å². The van der Waals surface area contributed by atoms with Crippen LogP contribution in [0.3, 0.4) is 0 Å². The number of halogens is 5. The van der Waals surface area contributed by atoms with E-state index >= 15 is 0 Å². The number of cyclic esters (lactones) is 1. The number of benzene rings is 2. The van der Waals surface area contributed by atoms with Crippen molar-refractivity contribution in [2.75, 3.05) is 18.5 Å². The summed E-state index contributed by atoms with van der Waals surface area (Å²) in [4.78, 5) is 58.4. The number of pyridine rings is 1. The van der Waals surface area contributed by atoms with Crippen LogP contribution in [0.2, 0.25) is 0 Å². The van der Waals surface area contributed by atoms with Gasteiger partial charge in [-0.1, -0.05) is 24.3 Å². The lowest BCUT2D eigenvalue weighted by Gasteiger charge is -2.25. The van der Waals surface area contributed by atoms with Crippen molar-refractivity contribution in [3.05, 3.63) is 94.6 Å². The van der Waals surface area contributed by atoms with E-state index in [2.05, 4.69) is 20.0 Å². The van der Waals surface area contributed by atoms with Crippen molar-refractivity contribution in [3.8, 4) is 0 Å². The summed E-state index contributed by atoms with van der Waals surface area (Å²) < 4.78 is 76.9. The Morgan fingerprint density at radius 2 is 1.63 bits per heavy atom. The predicted molar refractivity (Wildman–Crippen MR) is 139 cm³/mol. The Hall–Kier alpha value is -5.21. The number of carbonyl (C=O) groups is 4. The monoisotopic (exact) mass is 604 g/mol. The van der Waals surface area contributed by atoms with Crippen molar-refractivity contribution in [3.63, 3.8) is 0 Å². The van der Waals surface area contributed by atoms with Gasteiger partial charge in [0.25, 0.3) is 5.91 Å². The molecule has 2 aromatic carbocycles. The molecule has 0 aliphatic carbocycles. The van der Waals surface area contributed by atoms with Gasteiger partial charge in [0.1, 0.15) is 12.3 Å². The summed E-state index contributed by atoms with van der Waals surface area (Å²) in [6.07, 6.45) is -0.947. The van der Waals surface area contributed by atoms with Gasteiger partial charge in [0.05, 0.1) is 12.2 Å². The number of ether oxygens (including phenoxy) is 1. The molecule has 4 rings (SSSR count). The van der Waals surface area contributed by atoms with Crippen LogP contribution in [-0.4, -0.2) is 63.8 Å². The molecule has 1 fully saturated rings. The Morgan fingerprint density at radius 3 is 2.21 bits per heavy atom. The van der Waals surface area contributed by atoms with Crippen molar-refractivity contribution in [1.29, 1.82) is 0 Å². The number of aliphatic carboxylic acids is 1. The molecule has 224 valence electrons. The fourth-order valence-electron chi connectivity index (χ4n) is 4.42. The maximum atomic E-state index is 15.0. The summed E-state index contributed by atoms with van der Waals surface area (Å²) in [7, 11) is 0. The van der Waals surface area contributed by atoms with E-state index in [-0.39, 0.29) is 35.8 Å². The number of anilines is 1. The highest BCUT2D eigenvalue weighted by Gasteiger charge is 2.41. The Labute approximate surface area is 239 Å². The van der Waals surface area contributed by atoms with Crippen LogP contribution in [0, 0.1) is 29.1 Å². The van der Waals surface area contributed by atoms with E-state index in [1.807, 2.05) is 0 Å². The number of imide groups is 1. The Balaban J connectivity index is 1.80. The molecule has 2 N–H and O–H groups in total. The van der Waals surface area contributed by atoms with Gasteiger partial charge in [-0.15, -0.1) is 0 Å². The molecule has 1 aliphatic rings. The Kier molecular flexibility index (Phi) is 9.12. The van der Waals surface area contributed by atoms with Crippen LogP contribution in [0.4, 0.5) is 32.4 Å². The van der Waals surface area contributed by atoms with E-state index < -0.39 is 76.9 Å². The minimum Gasteiger partial charge on any atom is -0.480 e. The van der Waals surface area contributed by atoms with Gasteiger partial charge in [-0.3, -0.25) is 19.6 Å². The van der Waals surface area contributed by atoms with Crippen molar-refractivity contribution < 1.29 is 51.0 Å². The number of aliphatic imine (C=N–C) groups is 1. The molecule has 0 saturated carbocycles. The van der Waals surface area contributed by atoms with Crippen LogP contribution in [0.5, 0.6) is 0 Å². The molecule has 43 heavy (non-hydrogen) atoms. The fourth-order valence-corrected chi connectivity index (χ4v) is 4.42. The minimum atomic E-state index is -2.49. The lowest BCUT2D eigenvalue weighted by Crippen LogP contribution is -2.37. The first-order chi connectivity index (χ1) is 20.4. The van der Waals surface area contributed by atoms with Crippen molar-refractivity contribution in [1.82, 2.24) is 9.88 Å².